The molecule has 19 heavy (non-hydrogen) atoms. The van der Waals surface area contributed by atoms with Crippen molar-refractivity contribution in [2.24, 2.45) is 17.8 Å². The zero-order valence-corrected chi connectivity index (χ0v) is 12.2. The second-order valence-corrected chi connectivity index (χ2v) is 6.49. The summed E-state index contributed by atoms with van der Waals surface area (Å²) in [5.41, 5.74) is 1.41. The lowest BCUT2D eigenvalue weighted by molar-refractivity contribution is 0.242. The Morgan fingerprint density at radius 2 is 1.68 bits per heavy atom. The van der Waals surface area contributed by atoms with Crippen molar-refractivity contribution in [2.75, 3.05) is 7.05 Å². The van der Waals surface area contributed by atoms with Crippen LogP contribution in [-0.4, -0.2) is 13.2 Å². The molecule has 3 atom stereocenters. The highest BCUT2D eigenvalue weighted by atomic mass is 16.5. The van der Waals surface area contributed by atoms with Gasteiger partial charge in [-0.3, -0.25) is 0 Å². The molecule has 0 aliphatic heterocycles. The standard InChI is InChI=1S/C17H25NO/c1-11(2)19-16-6-4-12(5-7-16)17(18-3)15-9-13-8-14(13)10-15/h4-7,11,13-15,17-18H,8-10H2,1-3H3. The number of ether oxygens (including phenoxy) is 1. The smallest absolute Gasteiger partial charge is 0.119 e. The summed E-state index contributed by atoms with van der Waals surface area (Å²) in [7, 11) is 2.09. The fraction of sp³-hybridized carbons (Fsp3) is 0.647. The molecule has 2 saturated carbocycles. The zero-order chi connectivity index (χ0) is 13.4. The molecule has 0 radical (unpaired) electrons. The Labute approximate surface area is 116 Å². The minimum atomic E-state index is 0.243. The van der Waals surface area contributed by atoms with Crippen molar-refractivity contribution in [2.45, 2.75) is 45.3 Å². The third-order valence-corrected chi connectivity index (χ3v) is 4.67. The Morgan fingerprint density at radius 3 is 2.21 bits per heavy atom. The van der Waals surface area contributed by atoms with E-state index >= 15 is 0 Å². The number of benzene rings is 1. The van der Waals surface area contributed by atoms with E-state index in [2.05, 4.69) is 50.5 Å². The monoisotopic (exact) mass is 259 g/mol. The molecule has 2 fully saturated rings. The summed E-state index contributed by atoms with van der Waals surface area (Å²) < 4.78 is 5.71. The summed E-state index contributed by atoms with van der Waals surface area (Å²) in [6, 6.07) is 9.18. The van der Waals surface area contributed by atoms with Gasteiger partial charge in [0.1, 0.15) is 5.75 Å². The van der Waals surface area contributed by atoms with Gasteiger partial charge in [-0.15, -0.1) is 0 Å². The molecule has 0 aromatic heterocycles. The second kappa shape index (κ2) is 5.16. The molecule has 104 valence electrons. The van der Waals surface area contributed by atoms with Crippen LogP contribution in [0.5, 0.6) is 5.75 Å². The van der Waals surface area contributed by atoms with Gasteiger partial charge in [0, 0.05) is 6.04 Å². The Kier molecular flexibility index (Phi) is 3.53. The van der Waals surface area contributed by atoms with Crippen LogP contribution in [-0.2, 0) is 0 Å². The predicted octanol–water partition coefficient (Wildman–Crippen LogP) is 3.78. The average molecular weight is 259 g/mol. The number of hydrogen-bond donors (Lipinski definition) is 1. The van der Waals surface area contributed by atoms with Crippen molar-refractivity contribution in [1.82, 2.24) is 5.32 Å². The Balaban J connectivity index is 1.68. The summed E-state index contributed by atoms with van der Waals surface area (Å²) in [5, 5.41) is 3.52. The average Bonchev–Trinajstić information content (AvgIpc) is 2.99. The number of rotatable bonds is 5. The Hall–Kier alpha value is -1.02. The molecular weight excluding hydrogens is 234 g/mol. The molecule has 1 aromatic carbocycles. The summed E-state index contributed by atoms with van der Waals surface area (Å²) in [4.78, 5) is 0. The first kappa shape index (κ1) is 13.0. The summed E-state index contributed by atoms with van der Waals surface area (Å²) in [6.45, 7) is 4.13. The van der Waals surface area contributed by atoms with E-state index in [1.54, 1.807) is 0 Å². The molecule has 0 amide bonds. The van der Waals surface area contributed by atoms with E-state index in [1.165, 1.54) is 24.8 Å². The summed E-state index contributed by atoms with van der Waals surface area (Å²) >= 11 is 0. The highest BCUT2D eigenvalue weighted by molar-refractivity contribution is 5.30. The lowest BCUT2D eigenvalue weighted by atomic mass is 9.89. The van der Waals surface area contributed by atoms with Gasteiger partial charge in [0.05, 0.1) is 6.10 Å². The van der Waals surface area contributed by atoms with E-state index in [1.807, 2.05) is 0 Å². The van der Waals surface area contributed by atoms with E-state index in [0.717, 1.165) is 23.5 Å². The van der Waals surface area contributed by atoms with Crippen molar-refractivity contribution >= 4 is 0 Å². The van der Waals surface area contributed by atoms with Crippen LogP contribution in [0, 0.1) is 17.8 Å². The largest absolute Gasteiger partial charge is 0.491 e. The van der Waals surface area contributed by atoms with Gasteiger partial charge in [-0.2, -0.15) is 0 Å². The Bertz CT molecular complexity index is 415. The van der Waals surface area contributed by atoms with Crippen LogP contribution in [0.4, 0.5) is 0 Å². The van der Waals surface area contributed by atoms with E-state index in [4.69, 9.17) is 4.74 Å². The van der Waals surface area contributed by atoms with Gasteiger partial charge < -0.3 is 10.1 Å². The van der Waals surface area contributed by atoms with Crippen molar-refractivity contribution in [3.63, 3.8) is 0 Å². The quantitative estimate of drug-likeness (QED) is 0.869. The molecule has 0 bridgehead atoms. The molecule has 3 rings (SSSR count). The topological polar surface area (TPSA) is 21.3 Å². The second-order valence-electron chi connectivity index (χ2n) is 6.49. The molecule has 3 unspecified atom stereocenters. The van der Waals surface area contributed by atoms with E-state index in [0.29, 0.717) is 6.04 Å². The Morgan fingerprint density at radius 1 is 1.05 bits per heavy atom. The number of nitrogens with one attached hydrogen (secondary N) is 1. The lowest BCUT2D eigenvalue weighted by Gasteiger charge is -2.25. The third-order valence-electron chi connectivity index (χ3n) is 4.67. The van der Waals surface area contributed by atoms with Gasteiger partial charge in [-0.05, 0) is 75.6 Å². The maximum atomic E-state index is 5.71. The van der Waals surface area contributed by atoms with Gasteiger partial charge >= 0.3 is 0 Å². The fourth-order valence-corrected chi connectivity index (χ4v) is 3.73. The maximum Gasteiger partial charge on any atom is 0.119 e. The number of hydrogen-bond acceptors (Lipinski definition) is 2. The van der Waals surface area contributed by atoms with Crippen LogP contribution in [0.2, 0.25) is 0 Å². The molecule has 0 saturated heterocycles. The van der Waals surface area contributed by atoms with E-state index < -0.39 is 0 Å². The molecule has 0 heterocycles. The van der Waals surface area contributed by atoms with Crippen LogP contribution < -0.4 is 10.1 Å². The molecular formula is C17H25NO. The van der Waals surface area contributed by atoms with Crippen molar-refractivity contribution in [3.05, 3.63) is 29.8 Å². The summed E-state index contributed by atoms with van der Waals surface area (Å²) in [5.74, 6) is 3.89. The molecule has 1 N–H and O–H groups in total. The van der Waals surface area contributed by atoms with Crippen molar-refractivity contribution < 1.29 is 4.74 Å². The normalized spacial score (nSPS) is 30.2. The SMILES string of the molecule is CNC(c1ccc(OC(C)C)cc1)C1CC2CC2C1. The van der Waals surface area contributed by atoms with E-state index in [9.17, 15) is 0 Å². The predicted molar refractivity (Wildman–Crippen MR) is 78.3 cm³/mol. The maximum absolute atomic E-state index is 5.71. The minimum absolute atomic E-state index is 0.243. The van der Waals surface area contributed by atoms with Gasteiger partial charge in [-0.1, -0.05) is 12.1 Å². The van der Waals surface area contributed by atoms with Gasteiger partial charge in [0.15, 0.2) is 0 Å². The van der Waals surface area contributed by atoms with Gasteiger partial charge in [0.25, 0.3) is 0 Å². The van der Waals surface area contributed by atoms with Crippen LogP contribution in [0.15, 0.2) is 24.3 Å². The first-order valence-electron chi connectivity index (χ1n) is 7.61. The van der Waals surface area contributed by atoms with Crippen molar-refractivity contribution in [3.8, 4) is 5.75 Å². The molecule has 0 spiro atoms. The summed E-state index contributed by atoms with van der Waals surface area (Å²) in [6.07, 6.45) is 4.57. The fourth-order valence-electron chi connectivity index (χ4n) is 3.73. The minimum Gasteiger partial charge on any atom is -0.491 e. The number of fused-ring (bicyclic) bond motifs is 1. The molecule has 2 nitrogen and oxygen atoms in total. The first-order chi connectivity index (χ1) is 9.17. The van der Waals surface area contributed by atoms with Crippen molar-refractivity contribution in [1.29, 1.82) is 0 Å². The molecule has 2 aliphatic rings. The highest BCUT2D eigenvalue weighted by Gasteiger charge is 2.47. The van der Waals surface area contributed by atoms with Crippen LogP contribution in [0.3, 0.4) is 0 Å². The van der Waals surface area contributed by atoms with E-state index in [-0.39, 0.29) is 6.10 Å². The first-order valence-corrected chi connectivity index (χ1v) is 7.61. The lowest BCUT2D eigenvalue weighted by Crippen LogP contribution is -2.24. The van der Waals surface area contributed by atoms with Crippen LogP contribution in [0.25, 0.3) is 0 Å². The molecule has 2 aliphatic carbocycles. The molecule has 1 aromatic rings. The van der Waals surface area contributed by atoms with Crippen LogP contribution >= 0.6 is 0 Å². The van der Waals surface area contributed by atoms with Crippen LogP contribution in [0.1, 0.15) is 44.7 Å². The molecule has 2 heteroatoms. The highest BCUT2D eigenvalue weighted by Crippen LogP contribution is 2.57. The van der Waals surface area contributed by atoms with Gasteiger partial charge in [-0.25, -0.2) is 0 Å². The third kappa shape index (κ3) is 2.79. The zero-order valence-electron chi connectivity index (χ0n) is 12.2. The van der Waals surface area contributed by atoms with Gasteiger partial charge in [0.2, 0.25) is 0 Å².